The van der Waals surface area contributed by atoms with Crippen LogP contribution in [0.3, 0.4) is 0 Å². The van der Waals surface area contributed by atoms with Crippen molar-refractivity contribution < 1.29 is 0 Å². The van der Waals surface area contributed by atoms with Crippen LogP contribution in [-0.4, -0.2) is 31.4 Å². The lowest BCUT2D eigenvalue weighted by Gasteiger charge is -2.28. The number of nitrogens with zero attached hydrogens (tertiary/aromatic N) is 5. The quantitative estimate of drug-likeness (QED) is 0.872. The Balaban J connectivity index is 1.45. The van der Waals surface area contributed by atoms with Crippen molar-refractivity contribution in [1.29, 1.82) is 0 Å². The molecule has 0 atom stereocenters. The summed E-state index contributed by atoms with van der Waals surface area (Å²) in [6, 6.07) is 0. The van der Waals surface area contributed by atoms with Crippen molar-refractivity contribution in [1.82, 2.24) is 24.8 Å². The van der Waals surface area contributed by atoms with E-state index in [0.29, 0.717) is 5.92 Å². The summed E-state index contributed by atoms with van der Waals surface area (Å²) in [7, 11) is 0. The zero-order valence-corrected chi connectivity index (χ0v) is 13.5. The Hall–Kier alpha value is -1.88. The molecule has 1 aliphatic heterocycles. The van der Waals surface area contributed by atoms with E-state index in [1.165, 1.54) is 43.4 Å². The average molecular weight is 309 g/mol. The third kappa shape index (κ3) is 3.39. The molecule has 0 aromatic carbocycles. The molecule has 2 aromatic heterocycles. The molecule has 120 valence electrons. The van der Waals surface area contributed by atoms with E-state index in [4.69, 9.17) is 9.97 Å². The van der Waals surface area contributed by atoms with E-state index in [2.05, 4.69) is 21.1 Å². The van der Waals surface area contributed by atoms with Crippen LogP contribution in [0.2, 0.25) is 0 Å². The number of rotatable bonds is 3. The normalized spacial score (nSPS) is 19.5. The van der Waals surface area contributed by atoms with E-state index < -0.39 is 0 Å². The van der Waals surface area contributed by atoms with Crippen molar-refractivity contribution in [2.45, 2.75) is 57.5 Å². The summed E-state index contributed by atoms with van der Waals surface area (Å²) in [6.45, 7) is 2.79. The molecule has 3 heterocycles. The second-order valence-electron chi connectivity index (χ2n) is 6.69. The molecule has 1 fully saturated rings. The van der Waals surface area contributed by atoms with Crippen LogP contribution in [0.5, 0.6) is 0 Å². The summed E-state index contributed by atoms with van der Waals surface area (Å²) in [6.07, 6.45) is 15.0. The van der Waals surface area contributed by atoms with E-state index in [1.807, 2.05) is 6.20 Å². The predicted molar refractivity (Wildman–Crippen MR) is 87.7 cm³/mol. The van der Waals surface area contributed by atoms with Gasteiger partial charge in [0.2, 0.25) is 0 Å². The molecular weight excluding hydrogens is 286 g/mol. The highest BCUT2D eigenvalue weighted by atomic mass is 15.1. The standard InChI is InChI=1S/C18H23N5/c1-2-4-14(5-3-1)18-21-10-15-12-23(9-6-17(15)22-18)13-16-11-19-7-8-20-16/h7-8,10-11,14H,1-6,9,12-13H2. The third-order valence-corrected chi connectivity index (χ3v) is 5.00. The van der Waals surface area contributed by atoms with Crippen LogP contribution in [0.25, 0.3) is 0 Å². The molecular formula is C18H23N5. The van der Waals surface area contributed by atoms with Crippen LogP contribution in [0, 0.1) is 0 Å². The molecule has 0 bridgehead atoms. The highest BCUT2D eigenvalue weighted by Crippen LogP contribution is 2.31. The fraction of sp³-hybridized carbons (Fsp3) is 0.556. The molecule has 0 N–H and O–H groups in total. The third-order valence-electron chi connectivity index (χ3n) is 5.00. The lowest BCUT2D eigenvalue weighted by atomic mass is 9.88. The van der Waals surface area contributed by atoms with Crippen LogP contribution in [0.15, 0.2) is 24.8 Å². The summed E-state index contributed by atoms with van der Waals surface area (Å²) in [4.78, 5) is 20.5. The van der Waals surface area contributed by atoms with Crippen LogP contribution >= 0.6 is 0 Å². The first kappa shape index (κ1) is 14.7. The number of fused-ring (bicyclic) bond motifs is 1. The molecule has 2 aromatic rings. The van der Waals surface area contributed by atoms with Crippen molar-refractivity contribution in [3.8, 4) is 0 Å². The van der Waals surface area contributed by atoms with Gasteiger partial charge in [0.05, 0.1) is 5.69 Å². The Morgan fingerprint density at radius 1 is 1.04 bits per heavy atom. The highest BCUT2D eigenvalue weighted by molar-refractivity contribution is 5.22. The Kier molecular flexibility index (Phi) is 4.28. The minimum absolute atomic E-state index is 0.590. The SMILES string of the molecule is c1cnc(CN2CCc3nc(C4CCCCC4)ncc3C2)cn1. The summed E-state index contributed by atoms with van der Waals surface area (Å²) in [5.74, 6) is 1.68. The van der Waals surface area contributed by atoms with E-state index in [1.54, 1.807) is 12.4 Å². The first-order valence-corrected chi connectivity index (χ1v) is 8.70. The van der Waals surface area contributed by atoms with Gasteiger partial charge in [-0.1, -0.05) is 19.3 Å². The molecule has 0 unspecified atom stereocenters. The van der Waals surface area contributed by atoms with Crippen LogP contribution < -0.4 is 0 Å². The largest absolute Gasteiger partial charge is 0.293 e. The smallest absolute Gasteiger partial charge is 0.131 e. The molecule has 5 heteroatoms. The fourth-order valence-corrected chi connectivity index (χ4v) is 3.72. The van der Waals surface area contributed by atoms with Crippen molar-refractivity contribution in [3.63, 3.8) is 0 Å². The molecule has 23 heavy (non-hydrogen) atoms. The van der Waals surface area contributed by atoms with Gasteiger partial charge in [-0.05, 0) is 12.8 Å². The Bertz CT molecular complexity index is 652. The van der Waals surface area contributed by atoms with Gasteiger partial charge in [0.1, 0.15) is 5.82 Å². The zero-order chi connectivity index (χ0) is 15.5. The van der Waals surface area contributed by atoms with Gasteiger partial charge < -0.3 is 0 Å². The van der Waals surface area contributed by atoms with Gasteiger partial charge >= 0.3 is 0 Å². The second-order valence-corrected chi connectivity index (χ2v) is 6.69. The van der Waals surface area contributed by atoms with Gasteiger partial charge in [-0.25, -0.2) is 9.97 Å². The maximum absolute atomic E-state index is 4.91. The van der Waals surface area contributed by atoms with E-state index in [0.717, 1.165) is 37.6 Å². The first-order chi connectivity index (χ1) is 11.4. The van der Waals surface area contributed by atoms with Crippen LogP contribution in [-0.2, 0) is 19.5 Å². The molecule has 1 saturated carbocycles. The second kappa shape index (κ2) is 6.71. The number of hydrogen-bond donors (Lipinski definition) is 0. The molecule has 5 nitrogen and oxygen atoms in total. The monoisotopic (exact) mass is 309 g/mol. The average Bonchev–Trinajstić information content (AvgIpc) is 2.63. The van der Waals surface area contributed by atoms with Crippen molar-refractivity contribution >= 4 is 0 Å². The topological polar surface area (TPSA) is 54.8 Å². The lowest BCUT2D eigenvalue weighted by Crippen LogP contribution is -2.31. The van der Waals surface area contributed by atoms with Crippen molar-refractivity contribution in [2.75, 3.05) is 6.54 Å². The summed E-state index contributed by atoms with van der Waals surface area (Å²) in [5.41, 5.74) is 3.56. The first-order valence-electron chi connectivity index (χ1n) is 8.70. The Labute approximate surface area is 137 Å². The molecule has 0 amide bonds. The lowest BCUT2D eigenvalue weighted by molar-refractivity contribution is 0.239. The maximum Gasteiger partial charge on any atom is 0.131 e. The molecule has 0 saturated heterocycles. The molecule has 1 aliphatic carbocycles. The van der Waals surface area contributed by atoms with Crippen LogP contribution in [0.1, 0.15) is 60.8 Å². The van der Waals surface area contributed by atoms with E-state index >= 15 is 0 Å². The van der Waals surface area contributed by atoms with E-state index in [-0.39, 0.29) is 0 Å². The number of aromatic nitrogens is 4. The van der Waals surface area contributed by atoms with Gasteiger partial charge in [0, 0.05) is 68.0 Å². The molecule has 0 radical (unpaired) electrons. The molecule has 2 aliphatic rings. The van der Waals surface area contributed by atoms with Gasteiger partial charge in [-0.2, -0.15) is 0 Å². The minimum Gasteiger partial charge on any atom is -0.293 e. The Morgan fingerprint density at radius 2 is 1.96 bits per heavy atom. The predicted octanol–water partition coefficient (Wildman–Crippen LogP) is 2.87. The zero-order valence-electron chi connectivity index (χ0n) is 13.5. The van der Waals surface area contributed by atoms with Gasteiger partial charge in [0.15, 0.2) is 0 Å². The fourth-order valence-electron chi connectivity index (χ4n) is 3.72. The minimum atomic E-state index is 0.590. The Morgan fingerprint density at radius 3 is 2.78 bits per heavy atom. The van der Waals surface area contributed by atoms with Crippen LogP contribution in [0.4, 0.5) is 0 Å². The van der Waals surface area contributed by atoms with E-state index in [9.17, 15) is 0 Å². The van der Waals surface area contributed by atoms with Gasteiger partial charge in [0.25, 0.3) is 0 Å². The van der Waals surface area contributed by atoms with Gasteiger partial charge in [-0.3, -0.25) is 14.9 Å². The number of hydrogen-bond acceptors (Lipinski definition) is 5. The van der Waals surface area contributed by atoms with Crippen molar-refractivity contribution in [2.24, 2.45) is 0 Å². The summed E-state index contributed by atoms with van der Waals surface area (Å²) >= 11 is 0. The molecule has 4 rings (SSSR count). The maximum atomic E-state index is 4.91. The summed E-state index contributed by atoms with van der Waals surface area (Å²) < 4.78 is 0. The van der Waals surface area contributed by atoms with Crippen molar-refractivity contribution in [3.05, 3.63) is 47.6 Å². The van der Waals surface area contributed by atoms with Gasteiger partial charge in [-0.15, -0.1) is 0 Å². The summed E-state index contributed by atoms with van der Waals surface area (Å²) in [5, 5.41) is 0. The molecule has 0 spiro atoms. The highest BCUT2D eigenvalue weighted by Gasteiger charge is 2.22.